The molecule has 9 heteroatoms. The average Bonchev–Trinajstić information content (AvgIpc) is 3.16. The van der Waals surface area contributed by atoms with E-state index in [1.54, 1.807) is 17.3 Å². The van der Waals surface area contributed by atoms with Gasteiger partial charge in [-0.1, -0.05) is 0 Å². The third-order valence-corrected chi connectivity index (χ3v) is 3.56. The number of benzene rings is 1. The predicted octanol–water partition coefficient (Wildman–Crippen LogP) is 0.869. The number of anilines is 2. The lowest BCUT2D eigenvalue weighted by molar-refractivity contribution is 0.876. The Labute approximate surface area is 130 Å². The van der Waals surface area contributed by atoms with Crippen LogP contribution in [0.2, 0.25) is 0 Å². The zero-order valence-corrected chi connectivity index (χ0v) is 12.2. The Morgan fingerprint density at radius 2 is 1.96 bits per heavy atom. The van der Waals surface area contributed by atoms with Gasteiger partial charge in [0, 0.05) is 0 Å². The molecular formula is C14H13N9. The Bertz CT molecular complexity index is 1000. The molecule has 0 spiro atoms. The quantitative estimate of drug-likeness (QED) is 0.562. The van der Waals surface area contributed by atoms with Crippen molar-refractivity contribution in [2.45, 2.75) is 6.92 Å². The molecule has 23 heavy (non-hydrogen) atoms. The summed E-state index contributed by atoms with van der Waals surface area (Å²) in [6.07, 6.45) is 4.80. The Morgan fingerprint density at radius 1 is 1.09 bits per heavy atom. The van der Waals surface area contributed by atoms with Gasteiger partial charge in [-0.3, -0.25) is 4.57 Å². The van der Waals surface area contributed by atoms with Crippen LogP contribution in [0.1, 0.15) is 5.56 Å². The molecule has 3 aromatic heterocycles. The van der Waals surface area contributed by atoms with Crippen LogP contribution in [0.25, 0.3) is 22.5 Å². The van der Waals surface area contributed by atoms with Gasteiger partial charge < -0.3 is 11.5 Å². The first-order valence-electron chi connectivity index (χ1n) is 6.85. The van der Waals surface area contributed by atoms with E-state index in [-0.39, 0.29) is 11.8 Å². The van der Waals surface area contributed by atoms with Crippen molar-refractivity contribution in [1.82, 2.24) is 34.3 Å². The second-order valence-corrected chi connectivity index (χ2v) is 5.06. The summed E-state index contributed by atoms with van der Waals surface area (Å²) in [4.78, 5) is 16.4. The summed E-state index contributed by atoms with van der Waals surface area (Å²) < 4.78 is 3.53. The molecule has 0 fully saturated rings. The Balaban J connectivity index is 1.88. The van der Waals surface area contributed by atoms with Gasteiger partial charge in [0.25, 0.3) is 0 Å². The van der Waals surface area contributed by atoms with Crippen LogP contribution in [-0.2, 0) is 0 Å². The fourth-order valence-corrected chi connectivity index (χ4v) is 2.51. The molecule has 0 aliphatic carbocycles. The van der Waals surface area contributed by atoms with E-state index in [2.05, 4.69) is 25.0 Å². The van der Waals surface area contributed by atoms with Gasteiger partial charge in [0.15, 0.2) is 17.0 Å². The van der Waals surface area contributed by atoms with Crippen molar-refractivity contribution in [3.63, 3.8) is 0 Å². The molecular weight excluding hydrogens is 294 g/mol. The lowest BCUT2D eigenvalue weighted by Crippen LogP contribution is -2.04. The molecule has 4 rings (SSSR count). The fraction of sp³-hybridized carbons (Fsp3) is 0.0714. The van der Waals surface area contributed by atoms with E-state index in [0.29, 0.717) is 11.2 Å². The minimum atomic E-state index is 0.119. The van der Waals surface area contributed by atoms with E-state index in [9.17, 15) is 0 Å². The largest absolute Gasteiger partial charge is 0.382 e. The summed E-state index contributed by atoms with van der Waals surface area (Å²) in [5, 5.41) is 4.13. The predicted molar refractivity (Wildman–Crippen MR) is 85.1 cm³/mol. The number of imidazole rings is 1. The third-order valence-electron chi connectivity index (χ3n) is 3.56. The van der Waals surface area contributed by atoms with Crippen molar-refractivity contribution in [3.05, 3.63) is 42.7 Å². The summed E-state index contributed by atoms with van der Waals surface area (Å²) in [7, 11) is 0. The Hall–Kier alpha value is -3.49. The van der Waals surface area contributed by atoms with Gasteiger partial charge in [-0.05, 0) is 30.7 Å². The van der Waals surface area contributed by atoms with Crippen molar-refractivity contribution < 1.29 is 0 Å². The number of aryl methyl sites for hydroxylation is 1. The van der Waals surface area contributed by atoms with E-state index in [1.807, 2.05) is 29.7 Å². The summed E-state index contributed by atoms with van der Waals surface area (Å²) >= 11 is 0. The first-order valence-corrected chi connectivity index (χ1v) is 6.85. The molecule has 9 nitrogen and oxygen atoms in total. The van der Waals surface area contributed by atoms with E-state index < -0.39 is 0 Å². The van der Waals surface area contributed by atoms with E-state index >= 15 is 0 Å². The van der Waals surface area contributed by atoms with Gasteiger partial charge in [0.2, 0.25) is 5.95 Å². The molecule has 0 unspecified atom stereocenters. The van der Waals surface area contributed by atoms with Crippen LogP contribution in [0.15, 0.2) is 37.2 Å². The summed E-state index contributed by atoms with van der Waals surface area (Å²) in [6.45, 7) is 2.00. The standard InChI is InChI=1S/C14H13N9/c1-8-4-9(23-6-17-5-19-23)2-3-10(8)22-7-18-11-12(15)20-14(16)21-13(11)22/h2-7H,1H3,(H4,15,16,20,21). The molecule has 0 atom stereocenters. The monoisotopic (exact) mass is 307 g/mol. The van der Waals surface area contributed by atoms with Gasteiger partial charge >= 0.3 is 0 Å². The zero-order chi connectivity index (χ0) is 16.0. The number of nitrogens with zero attached hydrogens (tertiary/aromatic N) is 7. The highest BCUT2D eigenvalue weighted by Gasteiger charge is 2.13. The van der Waals surface area contributed by atoms with Crippen molar-refractivity contribution in [2.75, 3.05) is 11.5 Å². The lowest BCUT2D eigenvalue weighted by atomic mass is 10.1. The summed E-state index contributed by atoms with van der Waals surface area (Å²) in [6, 6.07) is 5.91. The van der Waals surface area contributed by atoms with Gasteiger partial charge in [-0.25, -0.2) is 14.6 Å². The fourth-order valence-electron chi connectivity index (χ4n) is 2.51. The SMILES string of the molecule is Cc1cc(-n2cncn2)ccc1-n1cnc2c(N)nc(N)nc21. The molecule has 3 heterocycles. The van der Waals surface area contributed by atoms with Crippen LogP contribution >= 0.6 is 0 Å². The van der Waals surface area contributed by atoms with Crippen LogP contribution in [0, 0.1) is 6.92 Å². The van der Waals surface area contributed by atoms with Crippen molar-refractivity contribution in [3.8, 4) is 11.4 Å². The zero-order valence-electron chi connectivity index (χ0n) is 12.2. The Kier molecular flexibility index (Phi) is 2.73. The molecule has 0 aliphatic rings. The number of hydrogen-bond acceptors (Lipinski definition) is 7. The minimum absolute atomic E-state index is 0.119. The van der Waals surface area contributed by atoms with Crippen molar-refractivity contribution >= 4 is 22.9 Å². The molecule has 0 amide bonds. The molecule has 0 saturated carbocycles. The van der Waals surface area contributed by atoms with Crippen LogP contribution in [0.4, 0.5) is 11.8 Å². The van der Waals surface area contributed by atoms with E-state index in [1.165, 1.54) is 6.33 Å². The second-order valence-electron chi connectivity index (χ2n) is 5.06. The lowest BCUT2D eigenvalue weighted by Gasteiger charge is -2.10. The van der Waals surface area contributed by atoms with Crippen molar-refractivity contribution in [1.29, 1.82) is 0 Å². The van der Waals surface area contributed by atoms with Crippen LogP contribution < -0.4 is 11.5 Å². The molecule has 4 N–H and O–H groups in total. The van der Waals surface area contributed by atoms with E-state index in [0.717, 1.165) is 16.9 Å². The molecule has 0 saturated heterocycles. The molecule has 114 valence electrons. The van der Waals surface area contributed by atoms with Gasteiger partial charge in [-0.15, -0.1) is 0 Å². The normalized spacial score (nSPS) is 11.2. The number of rotatable bonds is 2. The first kappa shape index (κ1) is 13.2. The number of hydrogen-bond donors (Lipinski definition) is 2. The average molecular weight is 307 g/mol. The van der Waals surface area contributed by atoms with E-state index in [4.69, 9.17) is 11.5 Å². The molecule has 4 aromatic rings. The minimum Gasteiger partial charge on any atom is -0.382 e. The van der Waals surface area contributed by atoms with Crippen LogP contribution in [0.3, 0.4) is 0 Å². The number of nitrogen functional groups attached to an aromatic ring is 2. The highest BCUT2D eigenvalue weighted by atomic mass is 15.3. The molecule has 0 bridgehead atoms. The van der Waals surface area contributed by atoms with Gasteiger partial charge in [0.05, 0.1) is 11.4 Å². The maximum atomic E-state index is 5.85. The smallest absolute Gasteiger partial charge is 0.224 e. The molecule has 0 radical (unpaired) electrons. The highest BCUT2D eigenvalue weighted by Crippen LogP contribution is 2.24. The maximum absolute atomic E-state index is 5.85. The van der Waals surface area contributed by atoms with Gasteiger partial charge in [0.1, 0.15) is 19.0 Å². The van der Waals surface area contributed by atoms with Gasteiger partial charge in [-0.2, -0.15) is 15.1 Å². The summed E-state index contributed by atoms with van der Waals surface area (Å²) in [5.74, 6) is 0.386. The van der Waals surface area contributed by atoms with Crippen LogP contribution in [0.5, 0.6) is 0 Å². The van der Waals surface area contributed by atoms with Crippen LogP contribution in [-0.4, -0.2) is 34.3 Å². The van der Waals surface area contributed by atoms with Crippen molar-refractivity contribution in [2.24, 2.45) is 0 Å². The molecule has 1 aromatic carbocycles. The Morgan fingerprint density at radius 3 is 2.70 bits per heavy atom. The molecule has 0 aliphatic heterocycles. The number of aromatic nitrogens is 7. The maximum Gasteiger partial charge on any atom is 0.224 e. The summed E-state index contributed by atoms with van der Waals surface area (Å²) in [5.41, 5.74) is 15.5. The third kappa shape index (κ3) is 2.06. The topological polar surface area (TPSA) is 126 Å². The first-order chi connectivity index (χ1) is 11.1. The second kappa shape index (κ2) is 4.77. The highest BCUT2D eigenvalue weighted by molar-refractivity contribution is 5.84. The number of fused-ring (bicyclic) bond motifs is 1. The number of nitrogens with two attached hydrogens (primary N) is 2.